The number of likely N-dealkylation sites (N-methyl/N-ethyl adjacent to an activating group) is 1. The molecule has 0 aromatic heterocycles. The van der Waals surface area contributed by atoms with Gasteiger partial charge in [0.2, 0.25) is 5.91 Å². The molecular formula is C31H28BrNO2. The number of carbonyl (C=O) groups is 2. The van der Waals surface area contributed by atoms with Gasteiger partial charge in [-0.1, -0.05) is 89.1 Å². The maximum Gasteiger partial charge on any atom is 0.238 e. The third-order valence-electron chi connectivity index (χ3n) is 8.62. The first-order chi connectivity index (χ1) is 17.0. The molecule has 5 atom stereocenters. The maximum atomic E-state index is 14.3. The Kier molecular flexibility index (Phi) is 5.52. The number of hydrogen-bond acceptors (Lipinski definition) is 2. The van der Waals surface area contributed by atoms with Crippen molar-refractivity contribution in [1.29, 1.82) is 0 Å². The van der Waals surface area contributed by atoms with Crippen LogP contribution >= 0.6 is 15.9 Å². The largest absolute Gasteiger partial charge is 0.314 e. The first-order valence-electron chi connectivity index (χ1n) is 12.4. The Morgan fingerprint density at radius 1 is 1.00 bits per heavy atom. The summed E-state index contributed by atoms with van der Waals surface area (Å²) in [6.07, 6.45) is 6.75. The van der Waals surface area contributed by atoms with Crippen molar-refractivity contribution < 1.29 is 9.59 Å². The van der Waals surface area contributed by atoms with Gasteiger partial charge in [0.1, 0.15) is 0 Å². The predicted octanol–water partition coefficient (Wildman–Crippen LogP) is 6.78. The molecule has 3 nitrogen and oxygen atoms in total. The van der Waals surface area contributed by atoms with Crippen molar-refractivity contribution in [2.45, 2.75) is 30.6 Å². The van der Waals surface area contributed by atoms with E-state index in [0.717, 1.165) is 40.5 Å². The fraction of sp³-hybridized carbons (Fsp3) is 0.290. The van der Waals surface area contributed by atoms with Crippen LogP contribution in [0.3, 0.4) is 0 Å². The van der Waals surface area contributed by atoms with E-state index < -0.39 is 11.3 Å². The van der Waals surface area contributed by atoms with Gasteiger partial charge < -0.3 is 4.90 Å². The van der Waals surface area contributed by atoms with Gasteiger partial charge >= 0.3 is 0 Å². The first-order valence-corrected chi connectivity index (χ1v) is 13.2. The van der Waals surface area contributed by atoms with Gasteiger partial charge in [0.25, 0.3) is 0 Å². The molecule has 0 N–H and O–H groups in total. The maximum absolute atomic E-state index is 14.3. The molecule has 35 heavy (non-hydrogen) atoms. The molecule has 2 fully saturated rings. The van der Waals surface area contributed by atoms with E-state index in [-0.39, 0.29) is 23.5 Å². The minimum atomic E-state index is -0.840. The molecule has 3 aliphatic rings. The van der Waals surface area contributed by atoms with Gasteiger partial charge in [-0.2, -0.15) is 0 Å². The lowest BCUT2D eigenvalue weighted by Crippen LogP contribution is -2.49. The molecule has 1 heterocycles. The van der Waals surface area contributed by atoms with Crippen LogP contribution in [0.25, 0.3) is 6.08 Å². The number of benzene rings is 3. The van der Waals surface area contributed by atoms with Crippen LogP contribution in [0.5, 0.6) is 0 Å². The van der Waals surface area contributed by atoms with E-state index in [4.69, 9.17) is 0 Å². The van der Waals surface area contributed by atoms with Crippen LogP contribution in [-0.2, 0) is 15.0 Å². The topological polar surface area (TPSA) is 37.4 Å². The van der Waals surface area contributed by atoms with Crippen LogP contribution in [-0.4, -0.2) is 18.7 Å². The molecule has 2 saturated carbocycles. The van der Waals surface area contributed by atoms with E-state index in [2.05, 4.69) is 46.3 Å². The first kappa shape index (κ1) is 22.5. The Balaban J connectivity index is 1.57. The number of anilines is 1. The van der Waals surface area contributed by atoms with Crippen LogP contribution in [0.2, 0.25) is 0 Å². The Bertz CT molecular complexity index is 1320. The Hall–Kier alpha value is -2.98. The highest BCUT2D eigenvalue weighted by Crippen LogP contribution is 2.68. The van der Waals surface area contributed by atoms with Crippen molar-refractivity contribution in [3.05, 3.63) is 106 Å². The molecule has 2 aliphatic carbocycles. The van der Waals surface area contributed by atoms with E-state index in [0.29, 0.717) is 5.92 Å². The summed E-state index contributed by atoms with van der Waals surface area (Å²) in [7, 11) is 1.87. The summed E-state index contributed by atoms with van der Waals surface area (Å²) in [6.45, 7) is 0. The molecule has 3 aromatic rings. The summed E-state index contributed by atoms with van der Waals surface area (Å²) >= 11 is 3.66. The van der Waals surface area contributed by atoms with Crippen molar-refractivity contribution in [1.82, 2.24) is 0 Å². The molecular weight excluding hydrogens is 498 g/mol. The molecule has 3 aromatic carbocycles. The average Bonchev–Trinajstić information content (AvgIpc) is 3.53. The number of hydrogen-bond donors (Lipinski definition) is 0. The predicted molar refractivity (Wildman–Crippen MR) is 143 cm³/mol. The van der Waals surface area contributed by atoms with E-state index in [9.17, 15) is 9.59 Å². The lowest BCUT2D eigenvalue weighted by atomic mass is 9.64. The molecule has 0 saturated heterocycles. The highest BCUT2D eigenvalue weighted by atomic mass is 79.9. The molecule has 6 rings (SSSR count). The molecule has 176 valence electrons. The van der Waals surface area contributed by atoms with Crippen molar-refractivity contribution >= 4 is 39.4 Å². The molecule has 1 amide bonds. The van der Waals surface area contributed by atoms with Crippen LogP contribution in [0.15, 0.2) is 89.4 Å². The van der Waals surface area contributed by atoms with Gasteiger partial charge in [0, 0.05) is 23.1 Å². The van der Waals surface area contributed by atoms with Crippen LogP contribution in [0, 0.1) is 17.8 Å². The second-order valence-electron chi connectivity index (χ2n) is 10.2. The van der Waals surface area contributed by atoms with E-state index in [1.807, 2.05) is 61.7 Å². The summed E-state index contributed by atoms with van der Waals surface area (Å²) < 4.78 is 0.947. The minimum Gasteiger partial charge on any atom is -0.314 e. The number of carbonyl (C=O) groups excluding carboxylic acids is 2. The van der Waals surface area contributed by atoms with Gasteiger partial charge in [0.05, 0.1) is 5.41 Å². The molecule has 0 radical (unpaired) electrons. The van der Waals surface area contributed by atoms with E-state index >= 15 is 0 Å². The molecule has 5 unspecified atom stereocenters. The third kappa shape index (κ3) is 3.30. The van der Waals surface area contributed by atoms with Crippen LogP contribution in [0.1, 0.15) is 41.9 Å². The number of ketones is 1. The summed E-state index contributed by atoms with van der Waals surface area (Å²) in [5.74, 6) is 0.152. The summed E-state index contributed by atoms with van der Waals surface area (Å²) in [4.78, 5) is 30.4. The van der Waals surface area contributed by atoms with Crippen molar-refractivity contribution in [2.24, 2.45) is 17.8 Å². The smallest absolute Gasteiger partial charge is 0.238 e. The van der Waals surface area contributed by atoms with Crippen molar-refractivity contribution in [2.75, 3.05) is 11.9 Å². The number of allylic oxidation sites excluding steroid dienone is 1. The van der Waals surface area contributed by atoms with Crippen LogP contribution < -0.4 is 4.90 Å². The van der Waals surface area contributed by atoms with E-state index in [1.54, 1.807) is 11.0 Å². The van der Waals surface area contributed by atoms with Gasteiger partial charge in [0.15, 0.2) is 5.78 Å². The van der Waals surface area contributed by atoms with Crippen LogP contribution in [0.4, 0.5) is 5.69 Å². The zero-order valence-corrected chi connectivity index (χ0v) is 21.3. The zero-order chi connectivity index (χ0) is 24.2. The fourth-order valence-corrected chi connectivity index (χ4v) is 7.76. The summed E-state index contributed by atoms with van der Waals surface area (Å²) in [5, 5.41) is 0. The Labute approximate surface area is 215 Å². The molecule has 4 heteroatoms. The SMILES string of the molecule is CN1C(=O)C2(c3cc(Br)ccc31)C1CCCC1C(c1ccccc1)C2C(=O)C=Cc1ccccc1. The molecule has 0 bridgehead atoms. The lowest BCUT2D eigenvalue weighted by Gasteiger charge is -2.35. The monoisotopic (exact) mass is 525 g/mol. The van der Waals surface area contributed by atoms with E-state index in [1.165, 1.54) is 5.56 Å². The second kappa shape index (κ2) is 8.60. The number of fused-ring (bicyclic) bond motifs is 4. The highest BCUT2D eigenvalue weighted by molar-refractivity contribution is 9.10. The van der Waals surface area contributed by atoms with Crippen molar-refractivity contribution in [3.63, 3.8) is 0 Å². The quantitative estimate of drug-likeness (QED) is 0.352. The van der Waals surface area contributed by atoms with Crippen molar-refractivity contribution in [3.8, 4) is 0 Å². The highest BCUT2D eigenvalue weighted by Gasteiger charge is 2.70. The summed E-state index contributed by atoms with van der Waals surface area (Å²) in [5.41, 5.74) is 3.27. The second-order valence-corrected chi connectivity index (χ2v) is 11.1. The Morgan fingerprint density at radius 2 is 1.71 bits per heavy atom. The Morgan fingerprint density at radius 3 is 2.46 bits per heavy atom. The fourth-order valence-electron chi connectivity index (χ4n) is 7.40. The molecule has 1 spiro atoms. The van der Waals surface area contributed by atoms with Gasteiger partial charge in [-0.15, -0.1) is 0 Å². The third-order valence-corrected chi connectivity index (χ3v) is 9.11. The molecule has 1 aliphatic heterocycles. The summed E-state index contributed by atoms with van der Waals surface area (Å²) in [6, 6.07) is 26.4. The minimum absolute atomic E-state index is 0.0129. The van der Waals surface area contributed by atoms with Gasteiger partial charge in [-0.25, -0.2) is 0 Å². The normalized spacial score (nSPS) is 29.2. The average molecular weight is 526 g/mol. The number of rotatable bonds is 4. The van der Waals surface area contributed by atoms with Gasteiger partial charge in [-0.3, -0.25) is 9.59 Å². The zero-order valence-electron chi connectivity index (χ0n) is 19.7. The number of nitrogens with zero attached hydrogens (tertiary/aromatic N) is 1. The number of amides is 1. The standard InChI is InChI=1S/C31H28BrNO2/c1-33-26-17-16-22(32)19-25(26)31(30(33)35)24-14-8-13-23(24)28(21-11-6-3-7-12-21)29(31)27(34)18-15-20-9-4-2-5-10-20/h2-7,9-12,15-19,23-24,28-29H,8,13-14H2,1H3. The van der Waals surface area contributed by atoms with Gasteiger partial charge in [-0.05, 0) is 71.6 Å². The number of halogens is 1. The lowest BCUT2D eigenvalue weighted by molar-refractivity contribution is -0.131.